The summed E-state index contributed by atoms with van der Waals surface area (Å²) in [4.78, 5) is 36.2. The van der Waals surface area contributed by atoms with Crippen LogP contribution in [0.4, 0.5) is 4.79 Å². The van der Waals surface area contributed by atoms with Gasteiger partial charge in [0, 0.05) is 13.1 Å². The van der Waals surface area contributed by atoms with Crippen molar-refractivity contribution < 1.29 is 19.1 Å². The largest absolute Gasteiger partial charge is 0.465 e. The predicted molar refractivity (Wildman–Crippen MR) is 75.1 cm³/mol. The molecule has 0 saturated carbocycles. The minimum atomic E-state index is -0.653. The fraction of sp³-hybridized carbons (Fsp3) is 0.615. The second kappa shape index (κ2) is 9.96. The lowest BCUT2D eigenvalue weighted by atomic mass is 10.2. The van der Waals surface area contributed by atoms with Gasteiger partial charge < -0.3 is 10.1 Å². The molecule has 0 saturated heterocycles. The Kier molecular flexibility index (Phi) is 9.02. The third-order valence-electron chi connectivity index (χ3n) is 2.50. The van der Waals surface area contributed by atoms with Crippen LogP contribution >= 0.6 is 0 Å². The van der Waals surface area contributed by atoms with E-state index in [1.807, 2.05) is 0 Å². The summed E-state index contributed by atoms with van der Waals surface area (Å²) in [7, 11) is 0. The lowest BCUT2D eigenvalue weighted by Crippen LogP contribution is -2.51. The molecule has 0 aromatic carbocycles. The molecule has 0 radical (unpaired) electrons. The second-order valence-corrected chi connectivity index (χ2v) is 4.05. The third-order valence-corrected chi connectivity index (χ3v) is 2.50. The van der Waals surface area contributed by atoms with Gasteiger partial charge in [-0.15, -0.1) is 6.58 Å². The number of ether oxygens (including phenoxy) is 1. The first kappa shape index (κ1) is 18.1. The van der Waals surface area contributed by atoms with Crippen molar-refractivity contribution in [3.8, 4) is 0 Å². The number of hydrogen-bond acceptors (Lipinski definition) is 5. The molecule has 0 spiro atoms. The molecule has 0 aromatic rings. The predicted octanol–water partition coefficient (Wildman–Crippen LogP) is 0.272. The molecule has 0 aliphatic heterocycles. The van der Waals surface area contributed by atoms with Crippen LogP contribution in [-0.2, 0) is 14.3 Å². The highest BCUT2D eigenvalue weighted by atomic mass is 16.5. The number of rotatable bonds is 8. The van der Waals surface area contributed by atoms with Gasteiger partial charge >= 0.3 is 12.0 Å². The second-order valence-electron chi connectivity index (χ2n) is 4.05. The minimum absolute atomic E-state index is 0.0379. The molecule has 20 heavy (non-hydrogen) atoms. The average molecular weight is 285 g/mol. The first-order chi connectivity index (χ1) is 9.46. The first-order valence-electron chi connectivity index (χ1n) is 6.55. The van der Waals surface area contributed by atoms with E-state index in [-0.39, 0.29) is 13.2 Å². The fourth-order valence-corrected chi connectivity index (χ4v) is 1.48. The summed E-state index contributed by atoms with van der Waals surface area (Å²) < 4.78 is 4.84. The van der Waals surface area contributed by atoms with Gasteiger partial charge in [0.2, 0.25) is 5.91 Å². The van der Waals surface area contributed by atoms with Crippen LogP contribution < -0.4 is 10.6 Å². The van der Waals surface area contributed by atoms with Crippen molar-refractivity contribution in [3.05, 3.63) is 12.7 Å². The highest BCUT2D eigenvalue weighted by Gasteiger charge is 2.24. The van der Waals surface area contributed by atoms with E-state index in [0.29, 0.717) is 13.1 Å². The molecular weight excluding hydrogens is 262 g/mol. The molecule has 1 atom stereocenters. The van der Waals surface area contributed by atoms with Crippen LogP contribution in [0.15, 0.2) is 12.7 Å². The molecule has 1 unspecified atom stereocenters. The topological polar surface area (TPSA) is 87.7 Å². The molecule has 3 amide bonds. The van der Waals surface area contributed by atoms with Crippen molar-refractivity contribution in [2.45, 2.75) is 26.8 Å². The molecule has 0 aromatic heterocycles. The van der Waals surface area contributed by atoms with Gasteiger partial charge in [-0.25, -0.2) is 4.79 Å². The number of carbonyl (C=O) groups is 3. The monoisotopic (exact) mass is 285 g/mol. The standard InChI is InChI=1S/C13H23N3O4/c1-5-8-16(9-11(17)20-7-3)10(4)12(18)15-13(19)14-6-2/h5,10H,1,6-9H2,2-4H3,(H2,14,15,18,19). The summed E-state index contributed by atoms with van der Waals surface area (Å²) >= 11 is 0. The summed E-state index contributed by atoms with van der Waals surface area (Å²) in [5.74, 6) is -0.908. The maximum Gasteiger partial charge on any atom is 0.321 e. The molecule has 0 aliphatic rings. The number of imide groups is 1. The molecular formula is C13H23N3O4. The highest BCUT2D eigenvalue weighted by molar-refractivity contribution is 5.96. The van der Waals surface area contributed by atoms with Gasteiger partial charge in [0.1, 0.15) is 0 Å². The van der Waals surface area contributed by atoms with E-state index in [1.54, 1.807) is 31.7 Å². The maximum atomic E-state index is 11.9. The number of carbonyl (C=O) groups excluding carboxylic acids is 3. The van der Waals surface area contributed by atoms with Crippen molar-refractivity contribution in [2.75, 3.05) is 26.2 Å². The lowest BCUT2D eigenvalue weighted by molar-refractivity contribution is -0.145. The summed E-state index contributed by atoms with van der Waals surface area (Å²) in [5, 5.41) is 4.67. The van der Waals surface area contributed by atoms with Gasteiger partial charge in [-0.3, -0.25) is 19.8 Å². The Labute approximate surface area is 119 Å². The Morgan fingerprint density at radius 3 is 2.50 bits per heavy atom. The quantitative estimate of drug-likeness (QED) is 0.494. The van der Waals surface area contributed by atoms with Crippen molar-refractivity contribution in [1.82, 2.24) is 15.5 Å². The van der Waals surface area contributed by atoms with E-state index < -0.39 is 23.9 Å². The van der Waals surface area contributed by atoms with E-state index in [1.165, 1.54) is 0 Å². The Hall–Kier alpha value is -1.89. The maximum absolute atomic E-state index is 11.9. The van der Waals surface area contributed by atoms with Crippen LogP contribution in [0.2, 0.25) is 0 Å². The van der Waals surface area contributed by atoms with Crippen LogP contribution in [0.25, 0.3) is 0 Å². The van der Waals surface area contributed by atoms with E-state index in [0.717, 1.165) is 0 Å². The Morgan fingerprint density at radius 2 is 2.00 bits per heavy atom. The van der Waals surface area contributed by atoms with E-state index >= 15 is 0 Å². The Morgan fingerprint density at radius 1 is 1.35 bits per heavy atom. The van der Waals surface area contributed by atoms with Gasteiger partial charge in [-0.1, -0.05) is 6.08 Å². The van der Waals surface area contributed by atoms with Gasteiger partial charge in [-0.05, 0) is 20.8 Å². The molecule has 0 heterocycles. The van der Waals surface area contributed by atoms with Gasteiger partial charge in [-0.2, -0.15) is 0 Å². The molecule has 0 fully saturated rings. The summed E-state index contributed by atoms with van der Waals surface area (Å²) in [6, 6.07) is -1.21. The zero-order valence-corrected chi connectivity index (χ0v) is 12.3. The van der Waals surface area contributed by atoms with Crippen LogP contribution in [0, 0.1) is 0 Å². The summed E-state index contributed by atoms with van der Waals surface area (Å²) in [5.41, 5.74) is 0. The van der Waals surface area contributed by atoms with E-state index in [4.69, 9.17) is 4.74 Å². The molecule has 7 heteroatoms. The molecule has 114 valence electrons. The molecule has 0 aliphatic carbocycles. The van der Waals surface area contributed by atoms with E-state index in [2.05, 4.69) is 17.2 Å². The summed E-state index contributed by atoms with van der Waals surface area (Å²) in [6.07, 6.45) is 1.58. The van der Waals surface area contributed by atoms with Gasteiger partial charge in [0.15, 0.2) is 0 Å². The molecule has 0 rings (SSSR count). The molecule has 2 N–H and O–H groups in total. The zero-order valence-electron chi connectivity index (χ0n) is 12.3. The normalized spacial score (nSPS) is 11.6. The first-order valence-corrected chi connectivity index (χ1v) is 6.55. The number of urea groups is 1. The van der Waals surface area contributed by atoms with Crippen molar-refractivity contribution in [1.29, 1.82) is 0 Å². The van der Waals surface area contributed by atoms with Crippen molar-refractivity contribution in [2.24, 2.45) is 0 Å². The van der Waals surface area contributed by atoms with Gasteiger partial charge in [0.25, 0.3) is 0 Å². The molecule has 0 bridgehead atoms. The number of nitrogens with one attached hydrogen (secondary N) is 2. The number of esters is 1. The smallest absolute Gasteiger partial charge is 0.321 e. The SMILES string of the molecule is C=CCN(CC(=O)OCC)C(C)C(=O)NC(=O)NCC. The highest BCUT2D eigenvalue weighted by Crippen LogP contribution is 2.00. The third kappa shape index (κ3) is 6.89. The minimum Gasteiger partial charge on any atom is -0.465 e. The van der Waals surface area contributed by atoms with Crippen LogP contribution in [-0.4, -0.2) is 55.1 Å². The van der Waals surface area contributed by atoms with Crippen molar-refractivity contribution >= 4 is 17.9 Å². The zero-order chi connectivity index (χ0) is 15.5. The van der Waals surface area contributed by atoms with Crippen LogP contribution in [0.5, 0.6) is 0 Å². The van der Waals surface area contributed by atoms with Crippen LogP contribution in [0.1, 0.15) is 20.8 Å². The lowest BCUT2D eigenvalue weighted by Gasteiger charge is -2.25. The Bertz CT molecular complexity index is 358. The number of nitrogens with zero attached hydrogens (tertiary/aromatic N) is 1. The van der Waals surface area contributed by atoms with E-state index in [9.17, 15) is 14.4 Å². The van der Waals surface area contributed by atoms with Crippen molar-refractivity contribution in [3.63, 3.8) is 0 Å². The number of hydrogen-bond donors (Lipinski definition) is 2. The average Bonchev–Trinajstić information content (AvgIpc) is 2.37. The number of amides is 3. The Balaban J connectivity index is 4.57. The summed E-state index contributed by atoms with van der Waals surface area (Å²) in [6.45, 7) is 9.65. The van der Waals surface area contributed by atoms with Crippen LogP contribution in [0.3, 0.4) is 0 Å². The van der Waals surface area contributed by atoms with Gasteiger partial charge in [0.05, 0.1) is 19.2 Å². The molecule has 7 nitrogen and oxygen atoms in total. The fourth-order valence-electron chi connectivity index (χ4n) is 1.48.